The molecule has 2 saturated heterocycles. The summed E-state index contributed by atoms with van der Waals surface area (Å²) in [5.74, 6) is -0.101. The molecule has 2 heterocycles. The number of nitrogens with zero attached hydrogens (tertiary/aromatic N) is 2. The molecular weight excluding hydrogens is 340 g/mol. The van der Waals surface area contributed by atoms with Gasteiger partial charge in [0.1, 0.15) is 0 Å². The maximum absolute atomic E-state index is 13.0. The highest BCUT2D eigenvalue weighted by Crippen LogP contribution is 2.23. The fraction of sp³-hybridized carbons (Fsp3) is 0.619. The maximum Gasteiger partial charge on any atom is 0.322 e. The van der Waals surface area contributed by atoms with Crippen LogP contribution in [0.25, 0.3) is 0 Å². The second-order valence-corrected chi connectivity index (χ2v) is 7.62. The molecule has 1 aromatic rings. The summed E-state index contributed by atoms with van der Waals surface area (Å²) in [7, 11) is 0. The van der Waals surface area contributed by atoms with E-state index in [1.54, 1.807) is 6.07 Å². The van der Waals surface area contributed by atoms with E-state index in [-0.39, 0.29) is 18.0 Å². The van der Waals surface area contributed by atoms with E-state index in [1.807, 2.05) is 30.9 Å². The molecule has 1 aromatic carbocycles. The van der Waals surface area contributed by atoms with Gasteiger partial charge >= 0.3 is 6.03 Å². The summed E-state index contributed by atoms with van der Waals surface area (Å²) < 4.78 is 0. The Morgan fingerprint density at radius 2 is 1.85 bits per heavy atom. The van der Waals surface area contributed by atoms with Gasteiger partial charge in [-0.25, -0.2) is 4.79 Å². The van der Waals surface area contributed by atoms with Crippen LogP contribution in [0.3, 0.4) is 0 Å². The van der Waals surface area contributed by atoms with Crippen LogP contribution in [0, 0.1) is 6.92 Å². The number of benzene rings is 1. The third kappa shape index (κ3) is 4.80. The summed E-state index contributed by atoms with van der Waals surface area (Å²) in [5.41, 5.74) is 2.14. The number of nitrogens with one attached hydrogen (secondary N) is 2. The van der Waals surface area contributed by atoms with E-state index in [0.29, 0.717) is 17.8 Å². The minimum absolute atomic E-state index is 0.0463. The highest BCUT2D eigenvalue weighted by atomic mass is 16.2. The van der Waals surface area contributed by atoms with Crippen molar-refractivity contribution in [1.29, 1.82) is 0 Å². The van der Waals surface area contributed by atoms with Crippen LogP contribution in [0.4, 0.5) is 10.5 Å². The molecule has 0 saturated carbocycles. The van der Waals surface area contributed by atoms with Gasteiger partial charge in [-0.3, -0.25) is 4.79 Å². The van der Waals surface area contributed by atoms with E-state index in [9.17, 15) is 9.59 Å². The Balaban J connectivity index is 1.69. The zero-order valence-electron chi connectivity index (χ0n) is 16.6. The number of anilines is 1. The number of amides is 3. The summed E-state index contributed by atoms with van der Waals surface area (Å²) in [6.45, 7) is 8.46. The Hall–Kier alpha value is -2.08. The molecule has 148 valence electrons. The van der Waals surface area contributed by atoms with Gasteiger partial charge in [-0.05, 0) is 76.7 Å². The lowest BCUT2D eigenvalue weighted by molar-refractivity contribution is 0.0955. The minimum Gasteiger partial charge on any atom is -0.352 e. The second kappa shape index (κ2) is 9.22. The Morgan fingerprint density at radius 3 is 2.59 bits per heavy atom. The minimum atomic E-state index is -0.101. The first-order valence-corrected chi connectivity index (χ1v) is 10.3. The molecule has 3 amide bonds. The van der Waals surface area contributed by atoms with Crippen molar-refractivity contribution in [2.75, 3.05) is 38.0 Å². The van der Waals surface area contributed by atoms with Gasteiger partial charge in [0.25, 0.3) is 5.91 Å². The van der Waals surface area contributed by atoms with Crippen LogP contribution in [-0.4, -0.2) is 60.5 Å². The zero-order chi connectivity index (χ0) is 19.2. The lowest BCUT2D eigenvalue weighted by atomic mass is 10.0. The average Bonchev–Trinajstić information content (AvgIpc) is 3.17. The van der Waals surface area contributed by atoms with Crippen molar-refractivity contribution in [2.45, 2.75) is 52.0 Å². The van der Waals surface area contributed by atoms with E-state index < -0.39 is 0 Å². The van der Waals surface area contributed by atoms with Crippen molar-refractivity contribution >= 4 is 17.6 Å². The van der Waals surface area contributed by atoms with Gasteiger partial charge in [0, 0.05) is 36.9 Å². The van der Waals surface area contributed by atoms with Gasteiger partial charge in [-0.1, -0.05) is 6.07 Å². The van der Waals surface area contributed by atoms with E-state index in [2.05, 4.69) is 15.5 Å². The highest BCUT2D eigenvalue weighted by molar-refractivity contribution is 5.99. The molecule has 1 unspecified atom stereocenters. The number of rotatable bonds is 5. The number of carbonyl (C=O) groups excluding carboxylic acids is 2. The van der Waals surface area contributed by atoms with Crippen molar-refractivity contribution in [3.05, 3.63) is 29.3 Å². The molecule has 2 N–H and O–H groups in total. The molecule has 0 bridgehead atoms. The van der Waals surface area contributed by atoms with Crippen LogP contribution in [0.1, 0.15) is 54.9 Å². The Bertz CT molecular complexity index is 670. The zero-order valence-corrected chi connectivity index (χ0v) is 16.6. The predicted octanol–water partition coefficient (Wildman–Crippen LogP) is 3.23. The van der Waals surface area contributed by atoms with Crippen molar-refractivity contribution in [2.24, 2.45) is 0 Å². The van der Waals surface area contributed by atoms with Crippen molar-refractivity contribution in [3.63, 3.8) is 0 Å². The number of hydrogen-bond donors (Lipinski definition) is 2. The van der Waals surface area contributed by atoms with Gasteiger partial charge in [0.2, 0.25) is 0 Å². The average molecular weight is 373 g/mol. The molecule has 0 aliphatic carbocycles. The maximum atomic E-state index is 13.0. The van der Waals surface area contributed by atoms with Crippen LogP contribution >= 0.6 is 0 Å². The monoisotopic (exact) mass is 372 g/mol. The molecule has 2 aliphatic heterocycles. The van der Waals surface area contributed by atoms with E-state index in [1.165, 1.54) is 19.3 Å². The molecule has 6 heteroatoms. The number of likely N-dealkylation sites (tertiary alicyclic amines) is 2. The lowest BCUT2D eigenvalue weighted by Gasteiger charge is -2.38. The molecule has 1 atom stereocenters. The van der Waals surface area contributed by atoms with E-state index >= 15 is 0 Å². The van der Waals surface area contributed by atoms with Crippen molar-refractivity contribution < 1.29 is 9.59 Å². The molecule has 0 aromatic heterocycles. The molecule has 0 spiro atoms. The fourth-order valence-electron chi connectivity index (χ4n) is 4.18. The highest BCUT2D eigenvalue weighted by Gasteiger charge is 2.29. The first-order valence-electron chi connectivity index (χ1n) is 10.3. The van der Waals surface area contributed by atoms with Gasteiger partial charge in [0.15, 0.2) is 0 Å². The summed E-state index contributed by atoms with van der Waals surface area (Å²) in [4.78, 5) is 29.7. The first-order chi connectivity index (χ1) is 13.1. The fourth-order valence-corrected chi connectivity index (χ4v) is 4.18. The summed E-state index contributed by atoms with van der Waals surface area (Å²) in [6.07, 6.45) is 5.85. The topological polar surface area (TPSA) is 64.7 Å². The van der Waals surface area contributed by atoms with Crippen molar-refractivity contribution in [1.82, 2.24) is 15.1 Å². The third-order valence-electron chi connectivity index (χ3n) is 5.71. The van der Waals surface area contributed by atoms with Crippen molar-refractivity contribution in [3.8, 4) is 0 Å². The predicted molar refractivity (Wildman–Crippen MR) is 108 cm³/mol. The quantitative estimate of drug-likeness (QED) is 0.834. The molecular formula is C21H32N4O2. The lowest BCUT2D eigenvalue weighted by Crippen LogP contribution is -2.50. The molecule has 3 rings (SSSR count). The SMILES string of the molecule is CCNC(=O)c1cccc(NC(=O)N2CCCCC2CN2CCCC2)c1C. The van der Waals surface area contributed by atoms with Crippen LogP contribution in [0.2, 0.25) is 0 Å². The summed E-state index contributed by atoms with van der Waals surface area (Å²) >= 11 is 0. The number of hydrogen-bond acceptors (Lipinski definition) is 3. The van der Waals surface area contributed by atoms with E-state index in [0.717, 1.165) is 44.6 Å². The smallest absolute Gasteiger partial charge is 0.322 e. The van der Waals surface area contributed by atoms with Gasteiger partial charge in [-0.2, -0.15) is 0 Å². The molecule has 27 heavy (non-hydrogen) atoms. The van der Waals surface area contributed by atoms with Crippen LogP contribution < -0.4 is 10.6 Å². The Morgan fingerprint density at radius 1 is 1.11 bits per heavy atom. The third-order valence-corrected chi connectivity index (χ3v) is 5.71. The Labute approximate surface area is 162 Å². The molecule has 2 fully saturated rings. The summed E-state index contributed by atoms with van der Waals surface area (Å²) in [5, 5.41) is 5.89. The first kappa shape index (κ1) is 19.7. The molecule has 2 aliphatic rings. The normalized spacial score (nSPS) is 20.5. The number of carbonyl (C=O) groups is 2. The van der Waals surface area contributed by atoms with Crippen LogP contribution in [-0.2, 0) is 0 Å². The van der Waals surface area contributed by atoms with Crippen LogP contribution in [0.5, 0.6) is 0 Å². The van der Waals surface area contributed by atoms with Gasteiger partial charge in [0.05, 0.1) is 0 Å². The van der Waals surface area contributed by atoms with Crippen LogP contribution in [0.15, 0.2) is 18.2 Å². The molecule has 6 nitrogen and oxygen atoms in total. The number of urea groups is 1. The largest absolute Gasteiger partial charge is 0.352 e. The second-order valence-electron chi connectivity index (χ2n) is 7.62. The molecule has 0 radical (unpaired) electrons. The summed E-state index contributed by atoms with van der Waals surface area (Å²) in [6, 6.07) is 5.73. The Kier molecular flexibility index (Phi) is 6.72. The van der Waals surface area contributed by atoms with Gasteiger partial charge in [-0.15, -0.1) is 0 Å². The number of piperidine rings is 1. The standard InChI is InChI=1S/C21H32N4O2/c1-3-22-20(26)18-10-8-11-19(16(18)2)23-21(27)25-14-5-4-9-17(25)15-24-12-6-7-13-24/h8,10-11,17H,3-7,9,12-15H2,1-2H3,(H,22,26)(H,23,27). The van der Waals surface area contributed by atoms with Gasteiger partial charge < -0.3 is 20.4 Å². The van der Waals surface area contributed by atoms with E-state index in [4.69, 9.17) is 0 Å².